The van der Waals surface area contributed by atoms with E-state index in [2.05, 4.69) is 66.4 Å². The molecule has 0 aliphatic carbocycles. The number of hydrogen-bond donors (Lipinski definition) is 0. The van der Waals surface area contributed by atoms with Crippen molar-refractivity contribution >= 4 is 16.5 Å². The van der Waals surface area contributed by atoms with Crippen LogP contribution in [0.4, 0.5) is 5.69 Å². The van der Waals surface area contributed by atoms with Crippen LogP contribution in [-0.4, -0.2) is 27.3 Å². The fourth-order valence-corrected chi connectivity index (χ4v) is 5.21. The van der Waals surface area contributed by atoms with Gasteiger partial charge in [-0.2, -0.15) is 0 Å². The van der Waals surface area contributed by atoms with Crippen molar-refractivity contribution in [1.82, 2.24) is 0 Å². The molecule has 0 radical (unpaired) electrons. The Balaban J connectivity index is 1.65. The zero-order valence-corrected chi connectivity index (χ0v) is 21.5. The Bertz CT molecular complexity index is 1320. The number of methoxy groups -OCH3 is 2. The number of benzene rings is 4. The highest BCUT2D eigenvalue weighted by molar-refractivity contribution is 5.96. The van der Waals surface area contributed by atoms with Crippen molar-refractivity contribution in [3.8, 4) is 34.1 Å². The van der Waals surface area contributed by atoms with Gasteiger partial charge in [0.2, 0.25) is 0 Å². The van der Waals surface area contributed by atoms with Crippen LogP contribution in [0.3, 0.4) is 0 Å². The molecule has 0 N–H and O–H groups in total. The molecule has 4 aromatic rings. The van der Waals surface area contributed by atoms with E-state index in [0.29, 0.717) is 0 Å². The van der Waals surface area contributed by atoms with Crippen LogP contribution in [0.1, 0.15) is 38.2 Å². The maximum absolute atomic E-state index is 6.92. The first-order valence-electron chi connectivity index (χ1n) is 13.0. The molecular formula is C32H35NO3. The van der Waals surface area contributed by atoms with Crippen molar-refractivity contribution in [2.24, 2.45) is 0 Å². The van der Waals surface area contributed by atoms with Gasteiger partial charge in [-0.1, -0.05) is 37.6 Å². The second kappa shape index (κ2) is 10.9. The largest absolute Gasteiger partial charge is 0.497 e. The minimum Gasteiger partial charge on any atom is -0.497 e. The lowest BCUT2D eigenvalue weighted by Crippen LogP contribution is -2.30. The number of rotatable bonds is 8. The molecule has 1 aliphatic heterocycles. The van der Waals surface area contributed by atoms with E-state index in [1.54, 1.807) is 14.2 Å². The summed E-state index contributed by atoms with van der Waals surface area (Å²) in [5.41, 5.74) is 4.77. The van der Waals surface area contributed by atoms with Gasteiger partial charge >= 0.3 is 0 Å². The topological polar surface area (TPSA) is 30.9 Å². The predicted octanol–water partition coefficient (Wildman–Crippen LogP) is 8.26. The highest BCUT2D eigenvalue weighted by Crippen LogP contribution is 2.43. The lowest BCUT2D eigenvalue weighted by molar-refractivity contribution is 0.415. The number of nitrogens with zero attached hydrogens (tertiary/aromatic N) is 1. The SMILES string of the molecule is CCCc1c(Oc2c(-c3ccc(OC)cc3)ccc3cc(OC)ccc23)cccc1N1CCCCC1. The van der Waals surface area contributed by atoms with Gasteiger partial charge in [-0.3, -0.25) is 0 Å². The first-order chi connectivity index (χ1) is 17.7. The number of fused-ring (bicyclic) bond motifs is 1. The highest BCUT2D eigenvalue weighted by atomic mass is 16.5. The Morgan fingerprint density at radius 2 is 1.53 bits per heavy atom. The standard InChI is InChI=1S/C32H35NO3/c1-4-9-29-30(33-20-6-5-7-21-33)10-8-11-31(29)36-32-27(23-12-15-25(34-2)16-13-23)18-14-24-22-26(35-3)17-19-28(24)32/h8,10-19,22H,4-7,9,20-21H2,1-3H3. The molecule has 4 heteroatoms. The molecule has 1 fully saturated rings. The molecule has 0 amide bonds. The monoisotopic (exact) mass is 481 g/mol. The van der Waals surface area contributed by atoms with Gasteiger partial charge in [0.25, 0.3) is 0 Å². The second-order valence-corrected chi connectivity index (χ2v) is 9.41. The molecule has 0 unspecified atom stereocenters. The molecule has 0 bridgehead atoms. The van der Waals surface area contributed by atoms with E-state index in [1.165, 1.54) is 30.5 Å². The zero-order valence-electron chi connectivity index (χ0n) is 21.5. The van der Waals surface area contributed by atoms with Crippen molar-refractivity contribution in [1.29, 1.82) is 0 Å². The van der Waals surface area contributed by atoms with E-state index < -0.39 is 0 Å². The molecule has 186 valence electrons. The van der Waals surface area contributed by atoms with E-state index in [1.807, 2.05) is 18.2 Å². The van der Waals surface area contributed by atoms with Crippen molar-refractivity contribution < 1.29 is 14.2 Å². The first kappa shape index (κ1) is 24.1. The fourth-order valence-electron chi connectivity index (χ4n) is 5.21. The Hall–Kier alpha value is -3.66. The Morgan fingerprint density at radius 3 is 2.25 bits per heavy atom. The number of anilines is 1. The highest BCUT2D eigenvalue weighted by Gasteiger charge is 2.20. The summed E-state index contributed by atoms with van der Waals surface area (Å²) in [6.45, 7) is 4.47. The average Bonchev–Trinajstić information content (AvgIpc) is 2.94. The number of piperidine rings is 1. The van der Waals surface area contributed by atoms with E-state index in [9.17, 15) is 0 Å². The summed E-state index contributed by atoms with van der Waals surface area (Å²) in [7, 11) is 3.39. The molecule has 0 atom stereocenters. The van der Waals surface area contributed by atoms with Gasteiger partial charge in [0, 0.05) is 35.3 Å². The summed E-state index contributed by atoms with van der Waals surface area (Å²) in [5, 5.41) is 2.15. The van der Waals surface area contributed by atoms with Crippen LogP contribution in [0.5, 0.6) is 23.0 Å². The van der Waals surface area contributed by atoms with Crippen molar-refractivity contribution in [2.75, 3.05) is 32.2 Å². The lowest BCUT2D eigenvalue weighted by Gasteiger charge is -2.31. The summed E-state index contributed by atoms with van der Waals surface area (Å²) in [6, 6.07) is 25.2. The third-order valence-corrected chi connectivity index (χ3v) is 7.10. The summed E-state index contributed by atoms with van der Waals surface area (Å²) in [4.78, 5) is 2.54. The van der Waals surface area contributed by atoms with Crippen LogP contribution in [0.2, 0.25) is 0 Å². The maximum Gasteiger partial charge on any atom is 0.143 e. The molecule has 36 heavy (non-hydrogen) atoms. The van der Waals surface area contributed by atoms with E-state index in [4.69, 9.17) is 14.2 Å². The fraction of sp³-hybridized carbons (Fsp3) is 0.312. The molecular weight excluding hydrogens is 446 g/mol. The summed E-state index contributed by atoms with van der Waals surface area (Å²) in [6.07, 6.45) is 5.88. The van der Waals surface area contributed by atoms with E-state index >= 15 is 0 Å². The quantitative estimate of drug-likeness (QED) is 0.253. The zero-order chi connectivity index (χ0) is 24.9. The Labute approximate surface area is 214 Å². The van der Waals surface area contributed by atoms with Crippen LogP contribution in [0.15, 0.2) is 72.8 Å². The van der Waals surface area contributed by atoms with Gasteiger partial charge in [-0.25, -0.2) is 0 Å². The van der Waals surface area contributed by atoms with Crippen LogP contribution >= 0.6 is 0 Å². The van der Waals surface area contributed by atoms with Crippen molar-refractivity contribution in [3.05, 3.63) is 78.4 Å². The molecule has 1 heterocycles. The summed E-state index contributed by atoms with van der Waals surface area (Å²) < 4.78 is 17.8. The maximum atomic E-state index is 6.92. The number of hydrogen-bond acceptors (Lipinski definition) is 4. The molecule has 4 nitrogen and oxygen atoms in total. The van der Waals surface area contributed by atoms with Crippen molar-refractivity contribution in [3.63, 3.8) is 0 Å². The smallest absolute Gasteiger partial charge is 0.143 e. The normalized spacial score (nSPS) is 13.6. The van der Waals surface area contributed by atoms with Crippen LogP contribution in [0, 0.1) is 0 Å². The second-order valence-electron chi connectivity index (χ2n) is 9.41. The van der Waals surface area contributed by atoms with Gasteiger partial charge in [0.15, 0.2) is 0 Å². The molecule has 1 saturated heterocycles. The molecule has 4 aromatic carbocycles. The molecule has 0 saturated carbocycles. The third kappa shape index (κ3) is 4.86. The summed E-state index contributed by atoms with van der Waals surface area (Å²) in [5.74, 6) is 3.49. The van der Waals surface area contributed by atoms with Gasteiger partial charge in [-0.05, 0) is 85.2 Å². The van der Waals surface area contributed by atoms with E-state index in [-0.39, 0.29) is 0 Å². The Morgan fingerprint density at radius 1 is 0.778 bits per heavy atom. The first-order valence-corrected chi connectivity index (χ1v) is 13.0. The van der Waals surface area contributed by atoms with Crippen molar-refractivity contribution in [2.45, 2.75) is 39.0 Å². The lowest BCUT2D eigenvalue weighted by atomic mass is 9.98. The van der Waals surface area contributed by atoms with Gasteiger partial charge in [0.05, 0.1) is 14.2 Å². The average molecular weight is 482 g/mol. The summed E-state index contributed by atoms with van der Waals surface area (Å²) >= 11 is 0. The third-order valence-electron chi connectivity index (χ3n) is 7.10. The minimum absolute atomic E-state index is 0.837. The minimum atomic E-state index is 0.837. The van der Waals surface area contributed by atoms with E-state index in [0.717, 1.165) is 70.8 Å². The molecule has 0 spiro atoms. The van der Waals surface area contributed by atoms with Crippen LogP contribution < -0.4 is 19.1 Å². The molecule has 1 aliphatic rings. The van der Waals surface area contributed by atoms with Gasteiger partial charge in [0.1, 0.15) is 23.0 Å². The predicted molar refractivity (Wildman–Crippen MR) is 149 cm³/mol. The Kier molecular flexibility index (Phi) is 7.31. The van der Waals surface area contributed by atoms with Gasteiger partial charge < -0.3 is 19.1 Å². The van der Waals surface area contributed by atoms with Crippen LogP contribution in [-0.2, 0) is 6.42 Å². The molecule has 0 aromatic heterocycles. The number of ether oxygens (including phenoxy) is 3. The van der Waals surface area contributed by atoms with Crippen LogP contribution in [0.25, 0.3) is 21.9 Å². The van der Waals surface area contributed by atoms with Gasteiger partial charge in [-0.15, -0.1) is 0 Å². The molecule has 5 rings (SSSR count).